The predicted molar refractivity (Wildman–Crippen MR) is 48.2 cm³/mol. The van der Waals surface area contributed by atoms with Crippen LogP contribution in [0.4, 0.5) is 0 Å². The molecule has 1 heteroatoms. The minimum absolute atomic E-state index is 0.730. The minimum atomic E-state index is 0.730. The van der Waals surface area contributed by atoms with E-state index >= 15 is 0 Å². The fourth-order valence-corrected chi connectivity index (χ4v) is 1.15. The van der Waals surface area contributed by atoms with E-state index in [0.717, 1.165) is 16.5 Å². The smallest absolute Gasteiger partial charge is 0.128 e. The lowest BCUT2D eigenvalue weighted by molar-refractivity contribution is 0.414. The molecule has 58 valence electrons. The molecule has 0 heterocycles. The van der Waals surface area contributed by atoms with E-state index < -0.39 is 0 Å². The number of methoxy groups -OCH3 is 1. The molecule has 0 aliphatic rings. The van der Waals surface area contributed by atoms with Gasteiger partial charge in [0.05, 0.1) is 7.11 Å². The molecule has 2 radical (unpaired) electrons. The summed E-state index contributed by atoms with van der Waals surface area (Å²) in [5.41, 5.74) is 0. The van der Waals surface area contributed by atoms with Crippen LogP contribution in [0.2, 0.25) is 0 Å². The van der Waals surface area contributed by atoms with E-state index in [9.17, 15) is 0 Å². The highest BCUT2D eigenvalue weighted by Crippen LogP contribution is 2.18. The normalized spacial score (nSPS) is 10.1. The van der Waals surface area contributed by atoms with Crippen LogP contribution in [0.1, 0.15) is 0 Å². The van der Waals surface area contributed by atoms with E-state index in [1.165, 1.54) is 0 Å². The molecule has 2 aromatic rings. The van der Waals surface area contributed by atoms with Crippen molar-refractivity contribution >= 4 is 10.8 Å². The van der Waals surface area contributed by atoms with E-state index in [1.54, 1.807) is 7.11 Å². The Labute approximate surface area is 71.6 Å². The Balaban J connectivity index is 2.67. The Hall–Kier alpha value is -1.50. The van der Waals surface area contributed by atoms with Crippen LogP contribution in [0, 0.1) is 12.1 Å². The molecule has 1 nitrogen and oxygen atoms in total. The molecule has 0 aliphatic carbocycles. The molecule has 0 saturated heterocycles. The molecule has 0 spiro atoms. The molecule has 0 amide bonds. The summed E-state index contributed by atoms with van der Waals surface area (Å²) in [6.45, 7) is 0. The first kappa shape index (κ1) is 7.17. The third-order valence-corrected chi connectivity index (χ3v) is 1.79. The number of benzene rings is 2. The average molecular weight is 156 g/mol. The Morgan fingerprint density at radius 2 is 2.00 bits per heavy atom. The van der Waals surface area contributed by atoms with Gasteiger partial charge in [0.2, 0.25) is 0 Å². The Morgan fingerprint density at radius 1 is 1.17 bits per heavy atom. The molecule has 12 heavy (non-hydrogen) atoms. The van der Waals surface area contributed by atoms with Gasteiger partial charge >= 0.3 is 0 Å². The van der Waals surface area contributed by atoms with Crippen molar-refractivity contribution in [1.82, 2.24) is 0 Å². The van der Waals surface area contributed by atoms with Crippen LogP contribution in [0.15, 0.2) is 30.3 Å². The maximum absolute atomic E-state index is 5.04. The van der Waals surface area contributed by atoms with Crippen LogP contribution in [0.25, 0.3) is 10.8 Å². The van der Waals surface area contributed by atoms with Crippen molar-refractivity contribution in [2.24, 2.45) is 0 Å². The zero-order valence-electron chi connectivity index (χ0n) is 6.79. The summed E-state index contributed by atoms with van der Waals surface area (Å²) in [6, 6.07) is 15.9. The summed E-state index contributed by atoms with van der Waals surface area (Å²) < 4.78 is 5.04. The summed E-state index contributed by atoms with van der Waals surface area (Å²) in [5.74, 6) is 0.730. The Morgan fingerprint density at radius 3 is 2.83 bits per heavy atom. The number of fused-ring (bicyclic) bond motifs is 1. The number of hydrogen-bond donors (Lipinski definition) is 0. The molecule has 0 atom stereocenters. The summed E-state index contributed by atoms with van der Waals surface area (Å²) >= 11 is 0. The number of rotatable bonds is 1. The van der Waals surface area contributed by atoms with Crippen molar-refractivity contribution in [3.05, 3.63) is 42.5 Å². The van der Waals surface area contributed by atoms with Crippen molar-refractivity contribution in [2.45, 2.75) is 0 Å². The van der Waals surface area contributed by atoms with Crippen molar-refractivity contribution in [3.8, 4) is 5.75 Å². The van der Waals surface area contributed by atoms with Crippen LogP contribution < -0.4 is 4.74 Å². The quantitative estimate of drug-likeness (QED) is 0.616. The van der Waals surface area contributed by atoms with E-state index in [2.05, 4.69) is 12.1 Å². The standard InChI is InChI=1S/C11H8O/c1-12-11-7-6-9-4-2-3-5-10(9)8-11/h2-5,8H,1H3. The van der Waals surface area contributed by atoms with Gasteiger partial charge in [-0.3, -0.25) is 0 Å². The molecule has 0 N–H and O–H groups in total. The van der Waals surface area contributed by atoms with Crippen LogP contribution in [0.5, 0.6) is 5.75 Å². The Kier molecular flexibility index (Phi) is 1.71. The monoisotopic (exact) mass is 156 g/mol. The summed E-state index contributed by atoms with van der Waals surface area (Å²) in [6.07, 6.45) is 0. The lowest BCUT2D eigenvalue weighted by Crippen LogP contribution is -1.82. The largest absolute Gasteiger partial charge is 0.496 e. The van der Waals surface area contributed by atoms with Gasteiger partial charge in [-0.15, -0.1) is 0 Å². The van der Waals surface area contributed by atoms with Gasteiger partial charge in [0.1, 0.15) is 5.75 Å². The van der Waals surface area contributed by atoms with E-state index in [-0.39, 0.29) is 0 Å². The first-order valence-electron chi connectivity index (χ1n) is 3.77. The van der Waals surface area contributed by atoms with E-state index in [1.807, 2.05) is 30.3 Å². The second kappa shape index (κ2) is 2.86. The molecule has 0 fully saturated rings. The van der Waals surface area contributed by atoms with Gasteiger partial charge in [0, 0.05) is 12.1 Å². The summed E-state index contributed by atoms with van der Waals surface area (Å²) in [4.78, 5) is 0. The van der Waals surface area contributed by atoms with Crippen LogP contribution in [0.3, 0.4) is 0 Å². The third kappa shape index (κ3) is 1.14. The average Bonchev–Trinajstić information content (AvgIpc) is 2.17. The maximum Gasteiger partial charge on any atom is 0.128 e. The highest BCUT2D eigenvalue weighted by molar-refractivity contribution is 5.82. The van der Waals surface area contributed by atoms with Gasteiger partial charge in [-0.05, 0) is 16.8 Å². The van der Waals surface area contributed by atoms with Gasteiger partial charge in [-0.2, -0.15) is 0 Å². The fourth-order valence-electron chi connectivity index (χ4n) is 1.15. The van der Waals surface area contributed by atoms with Gasteiger partial charge in [-0.25, -0.2) is 0 Å². The number of ether oxygens (including phenoxy) is 1. The maximum atomic E-state index is 5.04. The number of hydrogen-bond acceptors (Lipinski definition) is 1. The highest BCUT2D eigenvalue weighted by Gasteiger charge is 1.94. The molecule has 0 aliphatic heterocycles. The molecular formula is C11H8O. The van der Waals surface area contributed by atoms with Gasteiger partial charge in [0.15, 0.2) is 0 Å². The third-order valence-electron chi connectivity index (χ3n) is 1.79. The first-order valence-corrected chi connectivity index (χ1v) is 3.77. The van der Waals surface area contributed by atoms with Crippen molar-refractivity contribution in [3.63, 3.8) is 0 Å². The van der Waals surface area contributed by atoms with Crippen molar-refractivity contribution < 1.29 is 4.74 Å². The molecular weight excluding hydrogens is 148 g/mol. The predicted octanol–water partition coefficient (Wildman–Crippen LogP) is 2.45. The molecule has 0 aromatic heterocycles. The molecule has 2 aromatic carbocycles. The van der Waals surface area contributed by atoms with Crippen molar-refractivity contribution in [1.29, 1.82) is 0 Å². The lowest BCUT2D eigenvalue weighted by atomic mass is 10.1. The molecule has 0 saturated carbocycles. The van der Waals surface area contributed by atoms with Gasteiger partial charge in [0.25, 0.3) is 0 Å². The molecule has 2 rings (SSSR count). The van der Waals surface area contributed by atoms with E-state index in [0.29, 0.717) is 0 Å². The molecule has 0 bridgehead atoms. The van der Waals surface area contributed by atoms with E-state index in [4.69, 9.17) is 4.74 Å². The minimum Gasteiger partial charge on any atom is -0.496 e. The second-order valence-electron chi connectivity index (χ2n) is 2.55. The SMILES string of the molecule is COc1[c][c]c2ccccc2c1. The second-order valence-corrected chi connectivity index (χ2v) is 2.55. The van der Waals surface area contributed by atoms with Crippen LogP contribution in [-0.2, 0) is 0 Å². The zero-order chi connectivity index (χ0) is 8.39. The van der Waals surface area contributed by atoms with Crippen molar-refractivity contribution in [2.75, 3.05) is 7.11 Å². The van der Waals surface area contributed by atoms with Crippen LogP contribution >= 0.6 is 0 Å². The van der Waals surface area contributed by atoms with Gasteiger partial charge < -0.3 is 4.74 Å². The van der Waals surface area contributed by atoms with Gasteiger partial charge in [-0.1, -0.05) is 24.3 Å². The Bertz CT molecular complexity index is 393. The van der Waals surface area contributed by atoms with Crippen LogP contribution in [-0.4, -0.2) is 7.11 Å². The first-order chi connectivity index (χ1) is 5.90. The molecule has 0 unspecified atom stereocenters. The highest BCUT2D eigenvalue weighted by atomic mass is 16.5. The summed E-state index contributed by atoms with van der Waals surface area (Å²) in [5, 5.41) is 2.20. The topological polar surface area (TPSA) is 9.23 Å². The summed E-state index contributed by atoms with van der Waals surface area (Å²) in [7, 11) is 1.63. The lowest BCUT2D eigenvalue weighted by Gasteiger charge is -1.99. The fraction of sp³-hybridized carbons (Fsp3) is 0.0909. The zero-order valence-corrected chi connectivity index (χ0v) is 6.79.